The van der Waals surface area contributed by atoms with Gasteiger partial charge >= 0.3 is 6.09 Å². The molecule has 0 aromatic carbocycles. The lowest BCUT2D eigenvalue weighted by Gasteiger charge is -2.20. The van der Waals surface area contributed by atoms with E-state index in [4.69, 9.17) is 15.6 Å². The third-order valence-corrected chi connectivity index (χ3v) is 3.52. The molecule has 1 amide bonds. The van der Waals surface area contributed by atoms with Gasteiger partial charge in [-0.1, -0.05) is 0 Å². The van der Waals surface area contributed by atoms with Crippen molar-refractivity contribution in [1.29, 1.82) is 0 Å². The van der Waals surface area contributed by atoms with Gasteiger partial charge in [0.2, 0.25) is 0 Å². The Morgan fingerprint density at radius 1 is 1.35 bits per heavy atom. The summed E-state index contributed by atoms with van der Waals surface area (Å²) in [4.78, 5) is 22.3. The van der Waals surface area contributed by atoms with Gasteiger partial charge in [0.25, 0.3) is 0 Å². The molecule has 12 nitrogen and oxygen atoms in total. The van der Waals surface area contributed by atoms with Crippen molar-refractivity contribution in [2.24, 2.45) is 0 Å². The number of imidazole rings is 1. The van der Waals surface area contributed by atoms with E-state index in [9.17, 15) is 20.1 Å². The lowest BCUT2D eigenvalue weighted by Crippen LogP contribution is -2.48. The number of amides is 1. The number of ether oxygens (including phenoxy) is 1. The highest BCUT2D eigenvalue weighted by atomic mass is 16.6. The third kappa shape index (κ3) is 2.53. The number of nitrogens with two attached hydrogens (primary N) is 1. The molecule has 3 heterocycles. The summed E-state index contributed by atoms with van der Waals surface area (Å²) in [5.41, 5.74) is 6.21. The van der Waals surface area contributed by atoms with Gasteiger partial charge in [0, 0.05) is 0 Å². The zero-order valence-corrected chi connectivity index (χ0v) is 11.5. The normalized spacial score (nSPS) is 28.8. The standard InChI is InChI=1S/C11H14N6O6/c12-7-3-8(14-1-13-7)17(2-15-3)10-5(19)4(18)6(23-10)9(20)16-11(21)22/h1-2,4-6,9-10,16,18-20H,(H,21,22)(H2,12,13,14)/t4-,5+,6-,9?,10+/m0/s1. The fourth-order valence-electron chi connectivity index (χ4n) is 2.44. The van der Waals surface area contributed by atoms with E-state index in [-0.39, 0.29) is 17.0 Å². The molecule has 2 aromatic heterocycles. The number of hydrogen-bond acceptors (Lipinski definition) is 9. The molecular weight excluding hydrogens is 312 g/mol. The number of aliphatic hydroxyl groups excluding tert-OH is 3. The first-order valence-corrected chi connectivity index (χ1v) is 6.52. The first-order valence-electron chi connectivity index (χ1n) is 6.52. The van der Waals surface area contributed by atoms with Crippen molar-refractivity contribution < 1.29 is 30.0 Å². The molecule has 0 spiro atoms. The van der Waals surface area contributed by atoms with Crippen LogP contribution in [0.4, 0.5) is 10.6 Å². The van der Waals surface area contributed by atoms with Crippen molar-refractivity contribution in [3.05, 3.63) is 12.7 Å². The number of hydrogen-bond donors (Lipinski definition) is 6. The lowest BCUT2D eigenvalue weighted by molar-refractivity contribution is -0.0907. The van der Waals surface area contributed by atoms with Crippen LogP contribution in [-0.4, -0.2) is 70.6 Å². The smallest absolute Gasteiger partial charge is 0.406 e. The van der Waals surface area contributed by atoms with Crippen LogP contribution < -0.4 is 11.1 Å². The number of aliphatic hydroxyl groups is 3. The Morgan fingerprint density at radius 3 is 2.78 bits per heavy atom. The molecule has 0 aliphatic carbocycles. The molecule has 124 valence electrons. The number of aromatic nitrogens is 4. The van der Waals surface area contributed by atoms with Gasteiger partial charge in [-0.25, -0.2) is 19.7 Å². The highest BCUT2D eigenvalue weighted by Gasteiger charge is 2.47. The quantitative estimate of drug-likeness (QED) is 0.332. The Labute approximate surface area is 128 Å². The van der Waals surface area contributed by atoms with Gasteiger partial charge in [-0.3, -0.25) is 9.88 Å². The van der Waals surface area contributed by atoms with Gasteiger partial charge in [-0.05, 0) is 0 Å². The summed E-state index contributed by atoms with van der Waals surface area (Å²) in [7, 11) is 0. The van der Waals surface area contributed by atoms with Crippen molar-refractivity contribution in [2.45, 2.75) is 30.8 Å². The summed E-state index contributed by atoms with van der Waals surface area (Å²) >= 11 is 0. The topological polar surface area (TPSA) is 189 Å². The molecule has 1 aliphatic rings. The van der Waals surface area contributed by atoms with Gasteiger partial charge in [0.15, 0.2) is 23.9 Å². The molecule has 3 rings (SSSR count). The molecule has 0 bridgehead atoms. The number of anilines is 1. The van der Waals surface area contributed by atoms with E-state index in [0.717, 1.165) is 0 Å². The van der Waals surface area contributed by atoms with Crippen LogP contribution in [0.15, 0.2) is 12.7 Å². The van der Waals surface area contributed by atoms with E-state index in [1.54, 1.807) is 5.32 Å². The Balaban J connectivity index is 1.91. The zero-order valence-electron chi connectivity index (χ0n) is 11.5. The molecule has 0 saturated carbocycles. The van der Waals surface area contributed by atoms with Gasteiger partial charge in [0.05, 0.1) is 6.33 Å². The number of fused-ring (bicyclic) bond motifs is 1. The summed E-state index contributed by atoms with van der Waals surface area (Å²) in [6.45, 7) is 0. The van der Waals surface area contributed by atoms with E-state index < -0.39 is 36.9 Å². The molecule has 5 atom stereocenters. The second kappa shape index (κ2) is 5.58. The van der Waals surface area contributed by atoms with Gasteiger partial charge in [0.1, 0.15) is 30.2 Å². The molecule has 1 fully saturated rings. The van der Waals surface area contributed by atoms with Crippen molar-refractivity contribution in [3.63, 3.8) is 0 Å². The molecule has 1 unspecified atom stereocenters. The summed E-state index contributed by atoms with van der Waals surface area (Å²) in [6.07, 6.45) is -6.22. The molecule has 7 N–H and O–H groups in total. The fraction of sp³-hybridized carbons (Fsp3) is 0.455. The van der Waals surface area contributed by atoms with Crippen LogP contribution >= 0.6 is 0 Å². The predicted octanol–water partition coefficient (Wildman–Crippen LogP) is -2.39. The Kier molecular flexibility index (Phi) is 3.73. The number of nitrogen functional groups attached to an aromatic ring is 1. The van der Waals surface area contributed by atoms with Crippen molar-refractivity contribution in [2.75, 3.05) is 5.73 Å². The Hall–Kier alpha value is -2.54. The van der Waals surface area contributed by atoms with Gasteiger partial charge < -0.3 is 30.9 Å². The first-order chi connectivity index (χ1) is 10.9. The van der Waals surface area contributed by atoms with Crippen LogP contribution in [0.25, 0.3) is 11.2 Å². The van der Waals surface area contributed by atoms with E-state index in [1.165, 1.54) is 17.2 Å². The zero-order chi connectivity index (χ0) is 16.7. The second-order valence-corrected chi connectivity index (χ2v) is 4.95. The molecule has 12 heteroatoms. The fourth-order valence-corrected chi connectivity index (χ4v) is 2.44. The molecule has 0 radical (unpaired) electrons. The maximum atomic E-state index is 10.6. The Bertz CT molecular complexity index is 737. The average Bonchev–Trinajstić information content (AvgIpc) is 3.02. The van der Waals surface area contributed by atoms with Crippen molar-refractivity contribution in [3.8, 4) is 0 Å². The summed E-state index contributed by atoms with van der Waals surface area (Å²) in [5.74, 6) is 0.130. The van der Waals surface area contributed by atoms with E-state index in [2.05, 4.69) is 15.0 Å². The molecule has 2 aromatic rings. The van der Waals surface area contributed by atoms with Crippen LogP contribution in [0.1, 0.15) is 6.23 Å². The molecule has 1 aliphatic heterocycles. The minimum atomic E-state index is -1.73. The molecule has 1 saturated heterocycles. The van der Waals surface area contributed by atoms with Gasteiger partial charge in [-0.2, -0.15) is 0 Å². The molecular formula is C11H14N6O6. The first kappa shape index (κ1) is 15.4. The predicted molar refractivity (Wildman–Crippen MR) is 72.8 cm³/mol. The van der Waals surface area contributed by atoms with Crippen LogP contribution in [0.2, 0.25) is 0 Å². The largest absolute Gasteiger partial charge is 0.465 e. The van der Waals surface area contributed by atoms with Crippen LogP contribution in [-0.2, 0) is 4.74 Å². The number of nitrogens with one attached hydrogen (secondary N) is 1. The lowest BCUT2D eigenvalue weighted by atomic mass is 10.1. The second-order valence-electron chi connectivity index (χ2n) is 4.95. The van der Waals surface area contributed by atoms with E-state index in [0.29, 0.717) is 0 Å². The minimum Gasteiger partial charge on any atom is -0.465 e. The molecule has 23 heavy (non-hydrogen) atoms. The summed E-state index contributed by atoms with van der Waals surface area (Å²) in [6, 6.07) is 0. The number of carbonyl (C=O) groups is 1. The van der Waals surface area contributed by atoms with Crippen LogP contribution in [0, 0.1) is 0 Å². The average molecular weight is 326 g/mol. The monoisotopic (exact) mass is 326 g/mol. The number of nitrogens with zero attached hydrogens (tertiary/aromatic N) is 4. The number of rotatable bonds is 3. The van der Waals surface area contributed by atoms with Crippen molar-refractivity contribution >= 4 is 23.1 Å². The van der Waals surface area contributed by atoms with Crippen LogP contribution in [0.3, 0.4) is 0 Å². The van der Waals surface area contributed by atoms with E-state index >= 15 is 0 Å². The maximum Gasteiger partial charge on any atom is 0.406 e. The highest BCUT2D eigenvalue weighted by molar-refractivity contribution is 5.81. The minimum absolute atomic E-state index is 0.130. The van der Waals surface area contributed by atoms with Crippen LogP contribution in [0.5, 0.6) is 0 Å². The van der Waals surface area contributed by atoms with Crippen molar-refractivity contribution in [1.82, 2.24) is 24.8 Å². The Morgan fingerprint density at radius 2 is 2.09 bits per heavy atom. The summed E-state index contributed by atoms with van der Waals surface area (Å²) < 4.78 is 6.70. The van der Waals surface area contributed by atoms with E-state index in [1.807, 2.05) is 0 Å². The highest BCUT2D eigenvalue weighted by Crippen LogP contribution is 2.32. The SMILES string of the molecule is Nc1ncnc2c1ncn2[C@@H]1O[C@H](C(O)NC(=O)O)[C@@H](O)[C@H]1O. The number of carboxylic acid groups (broad SMARTS) is 1. The maximum absolute atomic E-state index is 10.6. The third-order valence-electron chi connectivity index (χ3n) is 3.52. The van der Waals surface area contributed by atoms with Gasteiger partial charge in [-0.15, -0.1) is 0 Å². The summed E-state index contributed by atoms with van der Waals surface area (Å²) in [5, 5.41) is 40.2.